The lowest BCUT2D eigenvalue weighted by Gasteiger charge is -2.23. The molecule has 0 saturated heterocycles. The Kier molecular flexibility index (Phi) is 5.78. The van der Waals surface area contributed by atoms with Crippen molar-refractivity contribution in [1.82, 2.24) is 9.21 Å². The van der Waals surface area contributed by atoms with Crippen molar-refractivity contribution in [2.24, 2.45) is 0 Å². The molecule has 1 aliphatic rings. The minimum atomic E-state index is -3.51. The first-order chi connectivity index (χ1) is 10.8. The summed E-state index contributed by atoms with van der Waals surface area (Å²) in [6.07, 6.45) is 1.92. The van der Waals surface area contributed by atoms with E-state index in [4.69, 9.17) is 0 Å². The molecule has 0 fully saturated rings. The van der Waals surface area contributed by atoms with Gasteiger partial charge in [-0.2, -0.15) is 4.31 Å². The van der Waals surface area contributed by atoms with Crippen LogP contribution in [-0.2, 0) is 21.2 Å². The van der Waals surface area contributed by atoms with Crippen molar-refractivity contribution in [3.05, 3.63) is 23.8 Å². The molecular weight excluding hydrogens is 314 g/mol. The first-order valence-electron chi connectivity index (χ1n) is 7.92. The molecule has 1 heterocycles. The molecule has 1 N–H and O–H groups in total. The Balaban J connectivity index is 2.29. The summed E-state index contributed by atoms with van der Waals surface area (Å²) in [5.41, 5.74) is 1.61. The van der Waals surface area contributed by atoms with Gasteiger partial charge in [-0.3, -0.25) is 4.79 Å². The van der Waals surface area contributed by atoms with Crippen LogP contribution in [0.3, 0.4) is 0 Å². The molecule has 7 heteroatoms. The van der Waals surface area contributed by atoms with Gasteiger partial charge >= 0.3 is 0 Å². The highest BCUT2D eigenvalue weighted by Crippen LogP contribution is 2.26. The molecule has 23 heavy (non-hydrogen) atoms. The van der Waals surface area contributed by atoms with E-state index in [0.717, 1.165) is 17.7 Å². The second kappa shape index (κ2) is 7.42. The van der Waals surface area contributed by atoms with E-state index < -0.39 is 10.0 Å². The van der Waals surface area contributed by atoms with E-state index in [1.54, 1.807) is 18.2 Å². The largest absolute Gasteiger partial charge is 0.326 e. The number of likely N-dealkylation sites (N-methyl/N-ethyl adjacent to an activating group) is 2. The fourth-order valence-corrected chi connectivity index (χ4v) is 4.11. The summed E-state index contributed by atoms with van der Waals surface area (Å²) in [4.78, 5) is 13.9. The van der Waals surface area contributed by atoms with Gasteiger partial charge < -0.3 is 10.2 Å². The highest BCUT2D eigenvalue weighted by atomic mass is 32.2. The van der Waals surface area contributed by atoms with Gasteiger partial charge in [-0.25, -0.2) is 8.42 Å². The highest BCUT2D eigenvalue weighted by molar-refractivity contribution is 7.89. The van der Waals surface area contributed by atoms with Gasteiger partial charge in [-0.05, 0) is 50.7 Å². The van der Waals surface area contributed by atoms with Crippen molar-refractivity contribution < 1.29 is 13.2 Å². The standard InChI is InChI=1S/C16H25N3O3S/c1-4-19(11-10-18(2)3)23(21,22)14-8-9-15-13(12-14)6-5-7-16(20)17-15/h8-9,12H,4-7,10-11H2,1-3H3,(H,17,20). The molecule has 0 aromatic heterocycles. The fraction of sp³-hybridized carbons (Fsp3) is 0.562. The van der Waals surface area contributed by atoms with E-state index in [9.17, 15) is 13.2 Å². The van der Waals surface area contributed by atoms with Crippen LogP contribution >= 0.6 is 0 Å². The van der Waals surface area contributed by atoms with E-state index in [-0.39, 0.29) is 5.91 Å². The molecule has 0 radical (unpaired) electrons. The van der Waals surface area contributed by atoms with Crippen LogP contribution in [0.1, 0.15) is 25.3 Å². The van der Waals surface area contributed by atoms with E-state index in [1.807, 2.05) is 25.9 Å². The Morgan fingerprint density at radius 1 is 1.17 bits per heavy atom. The lowest BCUT2D eigenvalue weighted by Crippen LogP contribution is -2.36. The maximum Gasteiger partial charge on any atom is 0.243 e. The predicted molar refractivity (Wildman–Crippen MR) is 91.0 cm³/mol. The average Bonchev–Trinajstić information content (AvgIpc) is 2.67. The van der Waals surface area contributed by atoms with Crippen molar-refractivity contribution in [2.45, 2.75) is 31.1 Å². The van der Waals surface area contributed by atoms with Crippen molar-refractivity contribution in [1.29, 1.82) is 0 Å². The monoisotopic (exact) mass is 339 g/mol. The predicted octanol–water partition coefficient (Wildman–Crippen LogP) is 1.53. The molecular formula is C16H25N3O3S. The van der Waals surface area contributed by atoms with Gasteiger partial charge in [-0.15, -0.1) is 0 Å². The zero-order valence-electron chi connectivity index (χ0n) is 14.0. The van der Waals surface area contributed by atoms with Crippen LogP contribution in [-0.4, -0.2) is 57.3 Å². The minimum Gasteiger partial charge on any atom is -0.326 e. The first kappa shape index (κ1) is 17.9. The smallest absolute Gasteiger partial charge is 0.243 e. The number of carbonyl (C=O) groups is 1. The second-order valence-corrected chi connectivity index (χ2v) is 7.96. The number of hydrogen-bond donors (Lipinski definition) is 1. The van der Waals surface area contributed by atoms with Crippen molar-refractivity contribution in [3.8, 4) is 0 Å². The molecule has 1 aromatic carbocycles. The highest BCUT2D eigenvalue weighted by Gasteiger charge is 2.24. The summed E-state index contributed by atoms with van der Waals surface area (Å²) in [6.45, 7) is 3.41. The molecule has 2 rings (SSSR count). The number of nitrogens with one attached hydrogen (secondary N) is 1. The molecule has 0 aliphatic carbocycles. The Bertz CT molecular complexity index is 671. The molecule has 0 atom stereocenters. The Labute approximate surface area is 138 Å². The Hall–Kier alpha value is -1.44. The second-order valence-electron chi connectivity index (χ2n) is 6.02. The third-order valence-electron chi connectivity index (χ3n) is 3.99. The first-order valence-corrected chi connectivity index (χ1v) is 9.36. The zero-order valence-corrected chi connectivity index (χ0v) is 14.8. The lowest BCUT2D eigenvalue weighted by atomic mass is 10.1. The average molecular weight is 339 g/mol. The number of fused-ring (bicyclic) bond motifs is 1. The number of anilines is 1. The molecule has 0 unspecified atom stereocenters. The van der Waals surface area contributed by atoms with E-state index >= 15 is 0 Å². The van der Waals surface area contributed by atoms with Crippen LogP contribution in [0.2, 0.25) is 0 Å². The summed E-state index contributed by atoms with van der Waals surface area (Å²) in [7, 11) is 0.333. The van der Waals surface area contributed by atoms with Gasteiger partial charge in [0.15, 0.2) is 0 Å². The number of sulfonamides is 1. The van der Waals surface area contributed by atoms with E-state index in [1.165, 1.54) is 4.31 Å². The number of carbonyl (C=O) groups excluding carboxylic acids is 1. The van der Waals surface area contributed by atoms with Gasteiger partial charge in [0.05, 0.1) is 4.90 Å². The third-order valence-corrected chi connectivity index (χ3v) is 5.96. The van der Waals surface area contributed by atoms with Crippen LogP contribution in [0.5, 0.6) is 0 Å². The summed E-state index contributed by atoms with van der Waals surface area (Å²) in [6, 6.07) is 4.98. The SMILES string of the molecule is CCN(CCN(C)C)S(=O)(=O)c1ccc2c(c1)CCCC(=O)N2. The Morgan fingerprint density at radius 3 is 2.57 bits per heavy atom. The number of nitrogens with zero attached hydrogens (tertiary/aromatic N) is 2. The number of rotatable bonds is 6. The number of hydrogen-bond acceptors (Lipinski definition) is 4. The summed E-state index contributed by atoms with van der Waals surface area (Å²) in [5, 5.41) is 2.83. The summed E-state index contributed by atoms with van der Waals surface area (Å²) in [5.74, 6) is -0.0134. The third kappa shape index (κ3) is 4.31. The van der Waals surface area contributed by atoms with Crippen molar-refractivity contribution in [2.75, 3.05) is 39.0 Å². The molecule has 128 valence electrons. The van der Waals surface area contributed by atoms with Crippen LogP contribution in [0.4, 0.5) is 5.69 Å². The zero-order chi connectivity index (χ0) is 17.0. The topological polar surface area (TPSA) is 69.7 Å². The molecule has 1 aliphatic heterocycles. The van der Waals surface area contributed by atoms with E-state index in [0.29, 0.717) is 37.4 Å². The number of benzene rings is 1. The van der Waals surface area contributed by atoms with Crippen LogP contribution in [0, 0.1) is 0 Å². The minimum absolute atomic E-state index is 0.0134. The van der Waals surface area contributed by atoms with Crippen molar-refractivity contribution >= 4 is 21.6 Å². The molecule has 0 bridgehead atoms. The van der Waals surface area contributed by atoms with Gasteiger partial charge in [-0.1, -0.05) is 6.92 Å². The maximum absolute atomic E-state index is 12.8. The van der Waals surface area contributed by atoms with Gasteiger partial charge in [0, 0.05) is 31.7 Å². The summed E-state index contributed by atoms with van der Waals surface area (Å²) >= 11 is 0. The molecule has 1 aromatic rings. The summed E-state index contributed by atoms with van der Waals surface area (Å²) < 4.78 is 27.2. The van der Waals surface area contributed by atoms with Gasteiger partial charge in [0.2, 0.25) is 15.9 Å². The quantitative estimate of drug-likeness (QED) is 0.853. The maximum atomic E-state index is 12.8. The molecule has 1 amide bonds. The lowest BCUT2D eigenvalue weighted by molar-refractivity contribution is -0.116. The van der Waals surface area contributed by atoms with Gasteiger partial charge in [0.25, 0.3) is 0 Å². The molecule has 6 nitrogen and oxygen atoms in total. The number of amides is 1. The van der Waals surface area contributed by atoms with E-state index in [2.05, 4.69) is 5.32 Å². The Morgan fingerprint density at radius 2 is 1.91 bits per heavy atom. The number of aryl methyl sites for hydroxylation is 1. The molecule has 0 saturated carbocycles. The van der Waals surface area contributed by atoms with Crippen molar-refractivity contribution in [3.63, 3.8) is 0 Å². The van der Waals surface area contributed by atoms with Crippen LogP contribution < -0.4 is 5.32 Å². The fourth-order valence-electron chi connectivity index (χ4n) is 2.62. The molecule has 0 spiro atoms. The van der Waals surface area contributed by atoms with Crippen LogP contribution in [0.15, 0.2) is 23.1 Å². The van der Waals surface area contributed by atoms with Gasteiger partial charge in [0.1, 0.15) is 0 Å². The normalized spacial score (nSPS) is 15.4. The van der Waals surface area contributed by atoms with Crippen LogP contribution in [0.25, 0.3) is 0 Å².